The van der Waals surface area contributed by atoms with Crippen LogP contribution in [-0.4, -0.2) is 11.9 Å². The first-order valence-corrected chi connectivity index (χ1v) is 5.77. The summed E-state index contributed by atoms with van der Waals surface area (Å²) in [4.78, 5) is 21.8. The molecule has 1 aromatic rings. The van der Waals surface area contributed by atoms with E-state index in [9.17, 15) is 14.7 Å². The molecule has 0 bridgehead atoms. The molecular weight excluding hydrogens is 277 g/mol. The minimum Gasteiger partial charge on any atom is -0.545 e. The summed E-state index contributed by atoms with van der Waals surface area (Å²) in [5.74, 6) is -1.91. The van der Waals surface area contributed by atoms with Crippen molar-refractivity contribution < 1.29 is 14.7 Å². The maximum absolute atomic E-state index is 11.4. The first kappa shape index (κ1) is 14.5. The van der Waals surface area contributed by atoms with Gasteiger partial charge in [-0.3, -0.25) is 4.79 Å². The van der Waals surface area contributed by atoms with Crippen LogP contribution >= 0.6 is 23.2 Å². The number of carboxylic acids is 1. The van der Waals surface area contributed by atoms with E-state index in [0.717, 1.165) is 6.08 Å². The number of hydrogen-bond donors (Lipinski definition) is 1. The summed E-state index contributed by atoms with van der Waals surface area (Å²) in [6.45, 7) is 1.47. The molecule has 0 spiro atoms. The molecule has 0 aliphatic heterocycles. The Hall–Kier alpha value is -1.52. The molecule has 0 aliphatic rings. The molecule has 0 radical (unpaired) electrons. The zero-order valence-electron chi connectivity index (χ0n) is 9.50. The number of carbonyl (C=O) groups is 2. The van der Waals surface area contributed by atoms with Crippen LogP contribution < -0.4 is 10.4 Å². The molecule has 6 heteroatoms. The van der Waals surface area contributed by atoms with Crippen molar-refractivity contribution in [2.24, 2.45) is 0 Å². The first-order chi connectivity index (χ1) is 8.40. The van der Waals surface area contributed by atoms with Crippen LogP contribution in [0.2, 0.25) is 10.0 Å². The summed E-state index contributed by atoms with van der Waals surface area (Å²) >= 11 is 11.6. The number of carboxylic acid groups (broad SMARTS) is 1. The van der Waals surface area contributed by atoms with Gasteiger partial charge < -0.3 is 15.2 Å². The molecule has 1 aromatic carbocycles. The third-order valence-corrected chi connectivity index (χ3v) is 2.72. The summed E-state index contributed by atoms with van der Waals surface area (Å²) in [6.07, 6.45) is 0.957. The van der Waals surface area contributed by atoms with Crippen molar-refractivity contribution in [1.82, 2.24) is 5.32 Å². The van der Waals surface area contributed by atoms with Crippen molar-refractivity contribution in [3.8, 4) is 0 Å². The van der Waals surface area contributed by atoms with E-state index < -0.39 is 11.9 Å². The van der Waals surface area contributed by atoms with Crippen LogP contribution in [0.1, 0.15) is 12.5 Å². The molecule has 0 fully saturated rings. The smallest absolute Gasteiger partial charge is 0.244 e. The summed E-state index contributed by atoms with van der Waals surface area (Å²) in [6, 6.07) is 4.89. The van der Waals surface area contributed by atoms with Crippen molar-refractivity contribution in [3.63, 3.8) is 0 Å². The second kappa shape index (κ2) is 6.42. The molecule has 18 heavy (non-hydrogen) atoms. The number of hydrogen-bond acceptors (Lipinski definition) is 3. The van der Waals surface area contributed by atoms with Gasteiger partial charge in [0, 0.05) is 22.7 Å². The van der Waals surface area contributed by atoms with E-state index in [4.69, 9.17) is 23.2 Å². The summed E-state index contributed by atoms with van der Waals surface area (Å²) in [7, 11) is 0. The van der Waals surface area contributed by atoms with Gasteiger partial charge in [-0.2, -0.15) is 0 Å². The number of nitrogens with one attached hydrogen (secondary N) is 1. The molecule has 0 atom stereocenters. The second-order valence-corrected chi connectivity index (χ2v) is 4.41. The number of carbonyl (C=O) groups excluding carboxylic acids is 2. The van der Waals surface area contributed by atoms with E-state index >= 15 is 0 Å². The van der Waals surface area contributed by atoms with E-state index in [0.29, 0.717) is 15.6 Å². The number of halogens is 2. The van der Waals surface area contributed by atoms with Gasteiger partial charge in [-0.1, -0.05) is 29.3 Å². The topological polar surface area (TPSA) is 69.2 Å². The fraction of sp³-hybridized carbons (Fsp3) is 0.167. The van der Waals surface area contributed by atoms with Crippen molar-refractivity contribution >= 4 is 35.1 Å². The van der Waals surface area contributed by atoms with Crippen molar-refractivity contribution in [1.29, 1.82) is 0 Å². The Labute approximate surface area is 114 Å². The van der Waals surface area contributed by atoms with Crippen molar-refractivity contribution in [3.05, 3.63) is 45.5 Å². The molecule has 0 aromatic heterocycles. The predicted octanol–water partition coefficient (Wildman–Crippen LogP) is 1.31. The van der Waals surface area contributed by atoms with Gasteiger partial charge in [0.05, 0.1) is 5.97 Å². The van der Waals surface area contributed by atoms with Gasteiger partial charge in [0.1, 0.15) is 0 Å². The van der Waals surface area contributed by atoms with Crippen LogP contribution in [-0.2, 0) is 16.1 Å². The fourth-order valence-corrected chi connectivity index (χ4v) is 1.63. The van der Waals surface area contributed by atoms with E-state index in [-0.39, 0.29) is 12.1 Å². The first-order valence-electron chi connectivity index (χ1n) is 5.01. The zero-order valence-corrected chi connectivity index (χ0v) is 11.0. The van der Waals surface area contributed by atoms with Crippen molar-refractivity contribution in [2.75, 3.05) is 0 Å². The summed E-state index contributed by atoms with van der Waals surface area (Å²) < 4.78 is 0. The van der Waals surface area contributed by atoms with Crippen LogP contribution in [0.3, 0.4) is 0 Å². The van der Waals surface area contributed by atoms with Gasteiger partial charge in [0.2, 0.25) is 5.91 Å². The van der Waals surface area contributed by atoms with Gasteiger partial charge in [-0.05, 0) is 30.2 Å². The molecular formula is C12H10Cl2NO3-. The van der Waals surface area contributed by atoms with Crippen molar-refractivity contribution in [2.45, 2.75) is 13.5 Å². The molecule has 0 aliphatic carbocycles. The molecule has 4 nitrogen and oxygen atoms in total. The lowest BCUT2D eigenvalue weighted by Gasteiger charge is -2.06. The number of amides is 1. The lowest BCUT2D eigenvalue weighted by molar-refractivity contribution is -0.299. The predicted molar refractivity (Wildman–Crippen MR) is 67.1 cm³/mol. The lowest BCUT2D eigenvalue weighted by Crippen LogP contribution is -2.26. The molecule has 0 heterocycles. The van der Waals surface area contributed by atoms with E-state index in [2.05, 4.69) is 5.32 Å². The lowest BCUT2D eigenvalue weighted by atomic mass is 10.2. The molecule has 1 amide bonds. The van der Waals surface area contributed by atoms with Crippen LogP contribution in [0.4, 0.5) is 0 Å². The normalized spacial score (nSPS) is 11.2. The summed E-state index contributed by atoms with van der Waals surface area (Å²) in [5, 5.41) is 13.9. The van der Waals surface area contributed by atoms with E-state index in [1.54, 1.807) is 18.2 Å². The highest BCUT2D eigenvalue weighted by Crippen LogP contribution is 2.20. The van der Waals surface area contributed by atoms with Crippen LogP contribution in [0.5, 0.6) is 0 Å². The van der Waals surface area contributed by atoms with E-state index in [1.807, 2.05) is 0 Å². The van der Waals surface area contributed by atoms with Crippen LogP contribution in [0.15, 0.2) is 29.8 Å². The Morgan fingerprint density at radius 2 is 2.06 bits per heavy atom. The summed E-state index contributed by atoms with van der Waals surface area (Å²) in [5.41, 5.74) is 0.545. The SMILES string of the molecule is C/C(=C\C(=O)NCc1ccc(Cl)cc1Cl)C(=O)[O-]. The fourth-order valence-electron chi connectivity index (χ4n) is 1.15. The quantitative estimate of drug-likeness (QED) is 0.849. The average molecular weight is 287 g/mol. The Bertz CT molecular complexity index is 512. The Balaban J connectivity index is 2.63. The van der Waals surface area contributed by atoms with Gasteiger partial charge in [-0.25, -0.2) is 0 Å². The van der Waals surface area contributed by atoms with E-state index in [1.165, 1.54) is 6.92 Å². The number of benzene rings is 1. The Kier molecular flexibility index (Phi) is 5.19. The van der Waals surface area contributed by atoms with Crippen LogP contribution in [0.25, 0.3) is 0 Å². The Morgan fingerprint density at radius 3 is 2.61 bits per heavy atom. The van der Waals surface area contributed by atoms with Gasteiger partial charge >= 0.3 is 0 Å². The highest BCUT2D eigenvalue weighted by Gasteiger charge is 2.03. The molecule has 0 saturated carbocycles. The molecule has 96 valence electrons. The third kappa shape index (κ3) is 4.39. The minimum absolute atomic E-state index is 0.144. The van der Waals surface area contributed by atoms with Gasteiger partial charge in [0.25, 0.3) is 0 Å². The minimum atomic E-state index is -1.38. The van der Waals surface area contributed by atoms with Crippen LogP contribution in [0, 0.1) is 0 Å². The molecule has 0 unspecified atom stereocenters. The average Bonchev–Trinajstić information content (AvgIpc) is 2.27. The maximum atomic E-state index is 11.4. The Morgan fingerprint density at radius 1 is 1.39 bits per heavy atom. The monoisotopic (exact) mass is 286 g/mol. The highest BCUT2D eigenvalue weighted by atomic mass is 35.5. The third-order valence-electron chi connectivity index (χ3n) is 2.14. The molecule has 0 saturated heterocycles. The standard InChI is InChI=1S/C12H11Cl2NO3/c1-7(12(17)18)4-11(16)15-6-8-2-3-9(13)5-10(8)14/h2-5H,6H2,1H3,(H,15,16)(H,17,18)/p-1/b7-4+. The number of rotatable bonds is 4. The largest absolute Gasteiger partial charge is 0.545 e. The maximum Gasteiger partial charge on any atom is 0.244 e. The highest BCUT2D eigenvalue weighted by molar-refractivity contribution is 6.35. The molecule has 1 rings (SSSR count). The number of aliphatic carboxylic acids is 1. The second-order valence-electron chi connectivity index (χ2n) is 3.57. The zero-order chi connectivity index (χ0) is 13.7. The molecule has 1 N–H and O–H groups in total. The van der Waals surface area contributed by atoms with Gasteiger partial charge in [-0.15, -0.1) is 0 Å². The van der Waals surface area contributed by atoms with Gasteiger partial charge in [0.15, 0.2) is 0 Å².